The Hall–Kier alpha value is -1.02. The monoisotopic (exact) mass is 193 g/mol. The molecule has 0 bridgehead atoms. The number of anilines is 1. The van der Waals surface area contributed by atoms with Gasteiger partial charge in [0.1, 0.15) is 0 Å². The molecule has 0 radical (unpaired) electrons. The van der Waals surface area contributed by atoms with Crippen molar-refractivity contribution in [1.29, 1.82) is 0 Å². The van der Waals surface area contributed by atoms with Gasteiger partial charge in [0, 0.05) is 18.3 Å². The van der Waals surface area contributed by atoms with Gasteiger partial charge in [0.2, 0.25) is 0 Å². The summed E-state index contributed by atoms with van der Waals surface area (Å²) < 4.78 is 0. The zero-order valence-electron chi connectivity index (χ0n) is 8.96. The first-order valence-corrected chi connectivity index (χ1v) is 5.16. The Balaban J connectivity index is 2.39. The van der Waals surface area contributed by atoms with Gasteiger partial charge in [0.05, 0.1) is 0 Å². The van der Waals surface area contributed by atoms with E-state index < -0.39 is 0 Å². The van der Waals surface area contributed by atoms with Crippen molar-refractivity contribution < 1.29 is 5.11 Å². The van der Waals surface area contributed by atoms with Crippen molar-refractivity contribution in [2.24, 2.45) is 0 Å². The van der Waals surface area contributed by atoms with E-state index >= 15 is 0 Å². The summed E-state index contributed by atoms with van der Waals surface area (Å²) >= 11 is 0. The molecule has 2 nitrogen and oxygen atoms in total. The Labute approximate surface area is 86.0 Å². The first kappa shape index (κ1) is 11.1. The van der Waals surface area contributed by atoms with E-state index in [9.17, 15) is 0 Å². The number of aliphatic hydroxyl groups is 1. The van der Waals surface area contributed by atoms with Crippen LogP contribution in [0.4, 0.5) is 5.69 Å². The van der Waals surface area contributed by atoms with Gasteiger partial charge in [-0.25, -0.2) is 0 Å². The molecule has 2 heteroatoms. The highest BCUT2D eigenvalue weighted by Gasteiger charge is 2.00. The molecule has 1 atom stereocenters. The van der Waals surface area contributed by atoms with Gasteiger partial charge in [0.15, 0.2) is 0 Å². The van der Waals surface area contributed by atoms with Crippen LogP contribution in [0.25, 0.3) is 0 Å². The molecule has 0 fully saturated rings. The largest absolute Gasteiger partial charge is 0.396 e. The fourth-order valence-electron chi connectivity index (χ4n) is 1.40. The Morgan fingerprint density at radius 2 is 1.93 bits per heavy atom. The zero-order chi connectivity index (χ0) is 10.4. The van der Waals surface area contributed by atoms with E-state index in [2.05, 4.69) is 43.4 Å². The number of aryl methyl sites for hydroxylation is 1. The Bertz CT molecular complexity index is 256. The van der Waals surface area contributed by atoms with Crippen LogP contribution in [-0.2, 0) is 0 Å². The second kappa shape index (κ2) is 5.66. The quantitative estimate of drug-likeness (QED) is 0.753. The van der Waals surface area contributed by atoms with Crippen LogP contribution in [0.2, 0.25) is 0 Å². The number of hydrogen-bond donors (Lipinski definition) is 2. The topological polar surface area (TPSA) is 32.3 Å². The summed E-state index contributed by atoms with van der Waals surface area (Å²) in [4.78, 5) is 0. The van der Waals surface area contributed by atoms with Gasteiger partial charge in [0.25, 0.3) is 0 Å². The van der Waals surface area contributed by atoms with E-state index in [1.807, 2.05) is 0 Å². The molecule has 0 spiro atoms. The Morgan fingerprint density at radius 1 is 1.29 bits per heavy atom. The van der Waals surface area contributed by atoms with E-state index in [1.165, 1.54) is 5.56 Å². The van der Waals surface area contributed by atoms with E-state index in [-0.39, 0.29) is 6.61 Å². The minimum Gasteiger partial charge on any atom is -0.396 e. The summed E-state index contributed by atoms with van der Waals surface area (Å²) in [5.74, 6) is 0. The molecule has 1 aromatic rings. The molecule has 0 aromatic heterocycles. The predicted octanol–water partition coefficient (Wildman–Crippen LogP) is 2.57. The SMILES string of the molecule is Cc1ccc(N[C@H](C)CCCO)cc1. The molecule has 0 saturated heterocycles. The van der Waals surface area contributed by atoms with Crippen LogP contribution in [0.15, 0.2) is 24.3 Å². The molecule has 0 aliphatic carbocycles. The van der Waals surface area contributed by atoms with E-state index in [0.717, 1.165) is 18.5 Å². The summed E-state index contributed by atoms with van der Waals surface area (Å²) in [7, 11) is 0. The van der Waals surface area contributed by atoms with Gasteiger partial charge in [-0.05, 0) is 38.8 Å². The molecular formula is C12H19NO. The smallest absolute Gasteiger partial charge is 0.0431 e. The average Bonchev–Trinajstić information content (AvgIpc) is 2.18. The third kappa shape index (κ3) is 3.79. The maximum atomic E-state index is 8.69. The van der Waals surface area contributed by atoms with Crippen LogP contribution in [0.1, 0.15) is 25.3 Å². The van der Waals surface area contributed by atoms with Gasteiger partial charge in [-0.2, -0.15) is 0 Å². The van der Waals surface area contributed by atoms with Crippen LogP contribution < -0.4 is 5.32 Å². The maximum absolute atomic E-state index is 8.69. The van der Waals surface area contributed by atoms with Crippen LogP contribution in [0, 0.1) is 6.92 Å². The molecule has 0 heterocycles. The van der Waals surface area contributed by atoms with Crippen LogP contribution >= 0.6 is 0 Å². The number of nitrogens with one attached hydrogen (secondary N) is 1. The number of aliphatic hydroxyl groups excluding tert-OH is 1. The lowest BCUT2D eigenvalue weighted by molar-refractivity contribution is 0.282. The second-order valence-corrected chi connectivity index (χ2v) is 3.78. The summed E-state index contributed by atoms with van der Waals surface area (Å²) in [6.07, 6.45) is 1.87. The molecule has 2 N–H and O–H groups in total. The lowest BCUT2D eigenvalue weighted by Gasteiger charge is -2.14. The number of rotatable bonds is 5. The van der Waals surface area contributed by atoms with Crippen molar-refractivity contribution in [3.05, 3.63) is 29.8 Å². The lowest BCUT2D eigenvalue weighted by atomic mass is 10.1. The molecule has 0 saturated carbocycles. The van der Waals surface area contributed by atoms with Gasteiger partial charge >= 0.3 is 0 Å². The minimum absolute atomic E-state index is 0.278. The van der Waals surface area contributed by atoms with Crippen molar-refractivity contribution in [2.45, 2.75) is 32.7 Å². The standard InChI is InChI=1S/C12H19NO/c1-10-5-7-12(8-6-10)13-11(2)4-3-9-14/h5-8,11,13-14H,3-4,9H2,1-2H3/t11-/m1/s1. The highest BCUT2D eigenvalue weighted by Crippen LogP contribution is 2.11. The van der Waals surface area contributed by atoms with Gasteiger partial charge in [-0.3, -0.25) is 0 Å². The molecule has 0 amide bonds. The van der Waals surface area contributed by atoms with Crippen molar-refractivity contribution in [3.8, 4) is 0 Å². The van der Waals surface area contributed by atoms with Crippen molar-refractivity contribution in [2.75, 3.05) is 11.9 Å². The summed E-state index contributed by atoms with van der Waals surface area (Å²) in [6, 6.07) is 8.79. The zero-order valence-corrected chi connectivity index (χ0v) is 8.96. The molecular weight excluding hydrogens is 174 g/mol. The lowest BCUT2D eigenvalue weighted by Crippen LogP contribution is -2.15. The van der Waals surface area contributed by atoms with E-state index in [0.29, 0.717) is 6.04 Å². The molecule has 0 aliphatic rings. The van der Waals surface area contributed by atoms with Crippen molar-refractivity contribution in [1.82, 2.24) is 0 Å². The highest BCUT2D eigenvalue weighted by molar-refractivity contribution is 5.44. The second-order valence-electron chi connectivity index (χ2n) is 3.78. The fraction of sp³-hybridized carbons (Fsp3) is 0.500. The minimum atomic E-state index is 0.278. The normalized spacial score (nSPS) is 12.5. The predicted molar refractivity (Wildman–Crippen MR) is 60.6 cm³/mol. The molecule has 78 valence electrons. The third-order valence-corrected chi connectivity index (χ3v) is 2.26. The molecule has 1 rings (SSSR count). The first-order valence-electron chi connectivity index (χ1n) is 5.16. The van der Waals surface area contributed by atoms with Gasteiger partial charge < -0.3 is 10.4 Å². The van der Waals surface area contributed by atoms with E-state index in [4.69, 9.17) is 5.11 Å². The number of hydrogen-bond acceptors (Lipinski definition) is 2. The van der Waals surface area contributed by atoms with Crippen LogP contribution in [0.5, 0.6) is 0 Å². The van der Waals surface area contributed by atoms with Crippen LogP contribution in [0.3, 0.4) is 0 Å². The summed E-state index contributed by atoms with van der Waals surface area (Å²) in [5, 5.41) is 12.1. The maximum Gasteiger partial charge on any atom is 0.0431 e. The number of benzene rings is 1. The average molecular weight is 193 g/mol. The Kier molecular flexibility index (Phi) is 4.47. The fourth-order valence-corrected chi connectivity index (χ4v) is 1.40. The molecule has 0 unspecified atom stereocenters. The molecule has 0 aliphatic heterocycles. The summed E-state index contributed by atoms with van der Waals surface area (Å²) in [6.45, 7) is 4.49. The first-order chi connectivity index (χ1) is 6.72. The molecule has 14 heavy (non-hydrogen) atoms. The van der Waals surface area contributed by atoms with Crippen molar-refractivity contribution >= 4 is 5.69 Å². The van der Waals surface area contributed by atoms with Gasteiger partial charge in [-0.1, -0.05) is 17.7 Å². The summed E-state index contributed by atoms with van der Waals surface area (Å²) in [5.41, 5.74) is 2.43. The molecule has 1 aromatic carbocycles. The third-order valence-electron chi connectivity index (χ3n) is 2.26. The Morgan fingerprint density at radius 3 is 2.50 bits per heavy atom. The van der Waals surface area contributed by atoms with Gasteiger partial charge in [-0.15, -0.1) is 0 Å². The van der Waals surface area contributed by atoms with Crippen molar-refractivity contribution in [3.63, 3.8) is 0 Å². The highest BCUT2D eigenvalue weighted by atomic mass is 16.2. The van der Waals surface area contributed by atoms with Crippen LogP contribution in [-0.4, -0.2) is 17.8 Å². The van der Waals surface area contributed by atoms with E-state index in [1.54, 1.807) is 0 Å².